The van der Waals surface area contributed by atoms with Crippen LogP contribution in [0.3, 0.4) is 0 Å². The molecule has 4 rings (SSSR count). The monoisotopic (exact) mass is 445 g/mol. The fourth-order valence-corrected chi connectivity index (χ4v) is 4.33. The number of nitrogens with zero attached hydrogens (tertiary/aromatic N) is 2. The van der Waals surface area contributed by atoms with Crippen LogP contribution in [0.25, 0.3) is 0 Å². The quantitative estimate of drug-likeness (QED) is 0.753. The molecule has 0 spiro atoms. The van der Waals surface area contributed by atoms with Gasteiger partial charge in [-0.05, 0) is 47.7 Å². The van der Waals surface area contributed by atoms with E-state index in [9.17, 15) is 9.59 Å². The van der Waals surface area contributed by atoms with Crippen LogP contribution in [0.15, 0.2) is 42.5 Å². The summed E-state index contributed by atoms with van der Waals surface area (Å²) in [4.78, 5) is 28.1. The Morgan fingerprint density at radius 1 is 1.00 bits per heavy atom. The Bertz CT molecular complexity index is 940. The second kappa shape index (κ2) is 8.86. The van der Waals surface area contributed by atoms with Crippen molar-refractivity contribution in [1.29, 1.82) is 0 Å². The first kappa shape index (κ1) is 21.0. The molecule has 5 nitrogen and oxygen atoms in total. The highest BCUT2D eigenvalue weighted by atomic mass is 35.5. The second-order valence-corrected chi connectivity index (χ2v) is 8.81. The summed E-state index contributed by atoms with van der Waals surface area (Å²) in [6.07, 6.45) is 0.842. The van der Waals surface area contributed by atoms with Gasteiger partial charge in [0.15, 0.2) is 0 Å². The molecule has 7 heteroatoms. The van der Waals surface area contributed by atoms with Crippen LogP contribution >= 0.6 is 23.2 Å². The first-order valence-electron chi connectivity index (χ1n) is 10.2. The zero-order chi connectivity index (χ0) is 21.3. The van der Waals surface area contributed by atoms with Crippen LogP contribution in [0, 0.1) is 5.92 Å². The van der Waals surface area contributed by atoms with Crippen LogP contribution in [-0.4, -0.2) is 42.9 Å². The van der Waals surface area contributed by atoms with Crippen LogP contribution in [0.4, 0.5) is 5.69 Å². The number of carbonyl (C=O) groups excluding carboxylic acids is 2. The number of anilines is 1. The molecule has 2 aromatic rings. The van der Waals surface area contributed by atoms with Crippen LogP contribution in [0.2, 0.25) is 10.0 Å². The maximum atomic E-state index is 12.5. The molecule has 0 unspecified atom stereocenters. The molecule has 0 bridgehead atoms. The van der Waals surface area contributed by atoms with Gasteiger partial charge >= 0.3 is 0 Å². The fraction of sp³-hybridized carbons (Fsp3) is 0.391. The number of nitrogens with one attached hydrogen (secondary N) is 1. The molecule has 1 heterocycles. The summed E-state index contributed by atoms with van der Waals surface area (Å²) >= 11 is 12.1. The molecule has 0 radical (unpaired) electrons. The zero-order valence-corrected chi connectivity index (χ0v) is 18.4. The Balaban J connectivity index is 1.26. The van der Waals surface area contributed by atoms with Gasteiger partial charge in [-0.1, -0.05) is 41.4 Å². The molecule has 2 atom stereocenters. The van der Waals surface area contributed by atoms with Crippen molar-refractivity contribution >= 4 is 40.7 Å². The Labute approximate surface area is 186 Å². The van der Waals surface area contributed by atoms with Crippen molar-refractivity contribution < 1.29 is 9.59 Å². The Morgan fingerprint density at radius 3 is 2.33 bits per heavy atom. The Morgan fingerprint density at radius 2 is 1.70 bits per heavy atom. The summed E-state index contributed by atoms with van der Waals surface area (Å²) < 4.78 is 0. The molecule has 1 saturated heterocycles. The lowest BCUT2D eigenvalue weighted by atomic mass is 10.1. The molecule has 1 aliphatic carbocycles. The summed E-state index contributed by atoms with van der Waals surface area (Å²) in [5.41, 5.74) is 3.29. The van der Waals surface area contributed by atoms with Gasteiger partial charge in [-0.15, -0.1) is 0 Å². The summed E-state index contributed by atoms with van der Waals surface area (Å²) in [6, 6.07) is 13.9. The van der Waals surface area contributed by atoms with Crippen LogP contribution < -0.4 is 10.2 Å². The van der Waals surface area contributed by atoms with Crippen molar-refractivity contribution in [3.05, 3.63) is 63.6 Å². The summed E-state index contributed by atoms with van der Waals surface area (Å²) in [5.74, 6) is 0.434. The van der Waals surface area contributed by atoms with Crippen molar-refractivity contribution in [2.24, 2.45) is 5.92 Å². The average molecular weight is 446 g/mol. The third kappa shape index (κ3) is 4.73. The van der Waals surface area contributed by atoms with Gasteiger partial charge in [-0.3, -0.25) is 9.59 Å². The number of piperazine rings is 1. The molecule has 30 heavy (non-hydrogen) atoms. The molecular formula is C23H25Cl2N3O2. The minimum atomic E-state index is -0.000845. The van der Waals surface area contributed by atoms with Gasteiger partial charge in [-0.25, -0.2) is 0 Å². The van der Waals surface area contributed by atoms with Crippen LogP contribution in [-0.2, 0) is 16.1 Å². The third-order valence-electron chi connectivity index (χ3n) is 5.99. The minimum absolute atomic E-state index is 0.000845. The maximum Gasteiger partial charge on any atom is 0.224 e. The Kier molecular flexibility index (Phi) is 6.21. The van der Waals surface area contributed by atoms with Gasteiger partial charge in [0, 0.05) is 51.3 Å². The molecule has 158 valence electrons. The molecule has 1 aliphatic heterocycles. The van der Waals surface area contributed by atoms with Gasteiger partial charge in [0.2, 0.25) is 11.8 Å². The van der Waals surface area contributed by atoms with Crippen molar-refractivity contribution in [1.82, 2.24) is 10.2 Å². The highest BCUT2D eigenvalue weighted by Gasteiger charge is 2.43. The zero-order valence-electron chi connectivity index (χ0n) is 16.9. The third-order valence-corrected chi connectivity index (χ3v) is 6.73. The number of rotatable bonds is 5. The van der Waals surface area contributed by atoms with Gasteiger partial charge in [0.25, 0.3) is 0 Å². The molecule has 1 saturated carbocycles. The van der Waals surface area contributed by atoms with E-state index in [1.54, 1.807) is 13.0 Å². The van der Waals surface area contributed by atoms with E-state index < -0.39 is 0 Å². The lowest BCUT2D eigenvalue weighted by Gasteiger charge is -2.35. The summed E-state index contributed by atoms with van der Waals surface area (Å²) in [5, 5.41) is 4.11. The smallest absolute Gasteiger partial charge is 0.224 e. The molecule has 2 amide bonds. The first-order valence-corrected chi connectivity index (χ1v) is 11.0. The van der Waals surface area contributed by atoms with E-state index in [1.807, 2.05) is 17.0 Å². The number of amides is 2. The number of halogens is 2. The number of benzene rings is 2. The summed E-state index contributed by atoms with van der Waals surface area (Å²) in [6.45, 7) is 5.33. The molecule has 2 fully saturated rings. The number of hydrogen-bond acceptors (Lipinski definition) is 3. The SMILES string of the molecule is CC(=O)N1CCN(c2ccc(CNC(=O)[C@@H]3C[C@H]3c3ccc(Cl)c(Cl)c3)cc2)CC1. The lowest BCUT2D eigenvalue weighted by Crippen LogP contribution is -2.48. The van der Waals surface area contributed by atoms with E-state index in [-0.39, 0.29) is 23.7 Å². The van der Waals surface area contributed by atoms with Gasteiger partial charge < -0.3 is 15.1 Å². The lowest BCUT2D eigenvalue weighted by molar-refractivity contribution is -0.129. The minimum Gasteiger partial charge on any atom is -0.368 e. The number of hydrogen-bond donors (Lipinski definition) is 1. The molecule has 0 aromatic heterocycles. The van der Waals surface area contributed by atoms with E-state index in [2.05, 4.69) is 34.5 Å². The van der Waals surface area contributed by atoms with E-state index in [0.717, 1.165) is 49.4 Å². The topological polar surface area (TPSA) is 52.7 Å². The van der Waals surface area contributed by atoms with Gasteiger partial charge in [-0.2, -0.15) is 0 Å². The molecule has 2 aromatic carbocycles. The highest BCUT2D eigenvalue weighted by Crippen LogP contribution is 2.48. The largest absolute Gasteiger partial charge is 0.368 e. The van der Waals surface area contributed by atoms with Crippen LogP contribution in [0.5, 0.6) is 0 Å². The number of carbonyl (C=O) groups is 2. The highest BCUT2D eigenvalue weighted by molar-refractivity contribution is 6.42. The van der Waals surface area contributed by atoms with E-state index in [0.29, 0.717) is 16.6 Å². The predicted octanol–water partition coefficient (Wildman–Crippen LogP) is 4.08. The molecule has 1 N–H and O–H groups in total. The molecule has 2 aliphatic rings. The van der Waals surface area contributed by atoms with E-state index in [4.69, 9.17) is 23.2 Å². The standard InChI is InChI=1S/C23H25Cl2N3O2/c1-15(29)27-8-10-28(11-9-27)18-5-2-16(3-6-18)14-26-23(30)20-13-19(20)17-4-7-21(24)22(25)12-17/h2-7,12,19-20H,8-11,13-14H2,1H3,(H,26,30)/t19-,20+/m0/s1. The van der Waals surface area contributed by atoms with E-state index in [1.165, 1.54) is 0 Å². The predicted molar refractivity (Wildman–Crippen MR) is 120 cm³/mol. The maximum absolute atomic E-state index is 12.5. The van der Waals surface area contributed by atoms with Gasteiger partial charge in [0.05, 0.1) is 10.0 Å². The van der Waals surface area contributed by atoms with Crippen molar-refractivity contribution in [2.75, 3.05) is 31.1 Å². The van der Waals surface area contributed by atoms with E-state index >= 15 is 0 Å². The second-order valence-electron chi connectivity index (χ2n) is 8.00. The van der Waals surface area contributed by atoms with Crippen molar-refractivity contribution in [2.45, 2.75) is 25.8 Å². The first-order chi connectivity index (χ1) is 14.4. The normalized spacial score (nSPS) is 20.8. The van der Waals surface area contributed by atoms with Gasteiger partial charge in [0.1, 0.15) is 0 Å². The van der Waals surface area contributed by atoms with Crippen molar-refractivity contribution in [3.8, 4) is 0 Å². The summed E-state index contributed by atoms with van der Waals surface area (Å²) in [7, 11) is 0. The fourth-order valence-electron chi connectivity index (χ4n) is 4.02. The molecular weight excluding hydrogens is 421 g/mol. The van der Waals surface area contributed by atoms with Crippen molar-refractivity contribution in [3.63, 3.8) is 0 Å². The Hall–Kier alpha value is -2.24. The van der Waals surface area contributed by atoms with Crippen LogP contribution in [0.1, 0.15) is 30.4 Å². The average Bonchev–Trinajstić information content (AvgIpc) is 3.55.